The Morgan fingerprint density at radius 2 is 1.38 bits per heavy atom. The summed E-state index contributed by atoms with van der Waals surface area (Å²) in [5.74, 6) is -1.96. The molecule has 5 N–H and O–H groups in total. The van der Waals surface area contributed by atoms with Gasteiger partial charge in [-0.3, -0.25) is 14.4 Å². The van der Waals surface area contributed by atoms with Crippen LogP contribution >= 0.6 is 34.8 Å². The fourth-order valence-electron chi connectivity index (χ4n) is 1.94. The number of amides is 3. The Morgan fingerprint density at radius 3 is 1.92 bits per heavy atom. The third-order valence-electron chi connectivity index (χ3n) is 3.12. The number of carbonyl (C=O) groups is 3. The summed E-state index contributed by atoms with van der Waals surface area (Å²) in [4.78, 5) is 34.7. The number of hydrogen-bond donors (Lipinski definition) is 3. The van der Waals surface area contributed by atoms with Crippen LogP contribution in [0.5, 0.6) is 5.75 Å². The highest BCUT2D eigenvalue weighted by Crippen LogP contribution is 2.33. The summed E-state index contributed by atoms with van der Waals surface area (Å²) in [7, 11) is 0. The van der Waals surface area contributed by atoms with Crippen LogP contribution in [0.3, 0.4) is 0 Å². The second-order valence-electron chi connectivity index (χ2n) is 5.06. The first kappa shape index (κ1) is 19.8. The third kappa shape index (κ3) is 5.01. The van der Waals surface area contributed by atoms with E-state index in [1.54, 1.807) is 0 Å². The average Bonchev–Trinajstić information content (AvgIpc) is 2.56. The largest absolute Gasteiger partial charge is 0.482 e. The van der Waals surface area contributed by atoms with Gasteiger partial charge in [0.25, 0.3) is 5.91 Å². The zero-order chi connectivity index (χ0) is 19.4. The van der Waals surface area contributed by atoms with Gasteiger partial charge in [-0.25, -0.2) is 0 Å². The minimum absolute atomic E-state index is 0.0186. The van der Waals surface area contributed by atoms with Crippen molar-refractivity contribution in [2.75, 3.05) is 11.9 Å². The number of carbonyl (C=O) groups excluding carboxylic acids is 3. The Morgan fingerprint density at radius 1 is 0.846 bits per heavy atom. The molecule has 0 bridgehead atoms. The van der Waals surface area contributed by atoms with E-state index in [1.807, 2.05) is 0 Å². The Hall–Kier alpha value is -2.48. The number of benzene rings is 2. The summed E-state index contributed by atoms with van der Waals surface area (Å²) in [6.07, 6.45) is 0. The number of hydrogen-bond acceptors (Lipinski definition) is 4. The Balaban J connectivity index is 2.11. The molecule has 0 saturated heterocycles. The standard InChI is InChI=1S/C16H12Cl3N3O4/c17-10-4-12(19)13(5-11(10)18)26-6-14(23)22-9-2-7(15(20)24)1-8(3-9)16(21)25/h1-5H,6H2,(H2,20,24)(H2,21,25)(H,22,23). The molecule has 0 heterocycles. The number of rotatable bonds is 6. The maximum absolute atomic E-state index is 12.0. The number of primary amides is 2. The summed E-state index contributed by atoms with van der Waals surface area (Å²) in [6, 6.07) is 6.59. The number of anilines is 1. The molecule has 2 aromatic carbocycles. The highest BCUT2D eigenvalue weighted by Gasteiger charge is 2.13. The second kappa shape index (κ2) is 8.27. The zero-order valence-corrected chi connectivity index (χ0v) is 15.3. The van der Waals surface area contributed by atoms with Crippen LogP contribution in [-0.2, 0) is 4.79 Å². The van der Waals surface area contributed by atoms with Crippen molar-refractivity contribution in [1.82, 2.24) is 0 Å². The first-order valence-electron chi connectivity index (χ1n) is 6.99. The fraction of sp³-hybridized carbons (Fsp3) is 0.0625. The van der Waals surface area contributed by atoms with E-state index in [0.717, 1.165) is 0 Å². The molecule has 0 aromatic heterocycles. The van der Waals surface area contributed by atoms with Crippen molar-refractivity contribution in [3.05, 3.63) is 56.5 Å². The van der Waals surface area contributed by atoms with E-state index in [1.165, 1.54) is 30.3 Å². The smallest absolute Gasteiger partial charge is 0.262 e. The minimum Gasteiger partial charge on any atom is -0.482 e. The van der Waals surface area contributed by atoms with Gasteiger partial charge in [0.15, 0.2) is 6.61 Å². The molecule has 3 amide bonds. The zero-order valence-electron chi connectivity index (χ0n) is 13.0. The average molecular weight is 417 g/mol. The van der Waals surface area contributed by atoms with Gasteiger partial charge < -0.3 is 21.5 Å². The molecule has 2 rings (SSSR count). The molecule has 0 atom stereocenters. The molecule has 2 aromatic rings. The van der Waals surface area contributed by atoms with Crippen molar-refractivity contribution in [2.45, 2.75) is 0 Å². The van der Waals surface area contributed by atoms with Gasteiger partial charge in [-0.1, -0.05) is 34.8 Å². The van der Waals surface area contributed by atoms with E-state index < -0.39 is 24.3 Å². The SMILES string of the molecule is NC(=O)c1cc(NC(=O)COc2cc(Cl)c(Cl)cc2Cl)cc(C(N)=O)c1. The summed E-state index contributed by atoms with van der Waals surface area (Å²) in [6.45, 7) is -0.412. The molecule has 0 saturated carbocycles. The van der Waals surface area contributed by atoms with Gasteiger partial charge in [-0.15, -0.1) is 0 Å². The Labute approximate surface area is 163 Å². The van der Waals surface area contributed by atoms with Crippen molar-refractivity contribution in [1.29, 1.82) is 0 Å². The lowest BCUT2D eigenvalue weighted by atomic mass is 10.1. The van der Waals surface area contributed by atoms with Gasteiger partial charge in [0.1, 0.15) is 5.75 Å². The molecule has 0 fully saturated rings. The number of nitrogens with one attached hydrogen (secondary N) is 1. The lowest BCUT2D eigenvalue weighted by Gasteiger charge is -2.11. The van der Waals surface area contributed by atoms with Crippen LogP contribution in [0.1, 0.15) is 20.7 Å². The van der Waals surface area contributed by atoms with Crippen LogP contribution in [0, 0.1) is 0 Å². The van der Waals surface area contributed by atoms with E-state index in [2.05, 4.69) is 5.32 Å². The van der Waals surface area contributed by atoms with Crippen LogP contribution in [0.4, 0.5) is 5.69 Å². The number of ether oxygens (including phenoxy) is 1. The molecule has 0 aliphatic heterocycles. The van der Waals surface area contributed by atoms with Gasteiger partial charge in [0.2, 0.25) is 11.8 Å². The summed E-state index contributed by atoms with van der Waals surface area (Å²) < 4.78 is 5.29. The van der Waals surface area contributed by atoms with Crippen molar-refractivity contribution in [3.8, 4) is 5.75 Å². The summed E-state index contributed by atoms with van der Waals surface area (Å²) in [5.41, 5.74) is 10.6. The maximum atomic E-state index is 12.0. The molecule has 0 unspecified atom stereocenters. The molecule has 26 heavy (non-hydrogen) atoms. The number of nitrogens with two attached hydrogens (primary N) is 2. The van der Waals surface area contributed by atoms with Gasteiger partial charge in [-0.2, -0.15) is 0 Å². The van der Waals surface area contributed by atoms with E-state index in [0.29, 0.717) is 0 Å². The molecular formula is C16H12Cl3N3O4. The van der Waals surface area contributed by atoms with Crippen LogP contribution in [0.2, 0.25) is 15.1 Å². The summed E-state index contributed by atoms with van der Waals surface area (Å²) in [5, 5.41) is 3.11. The summed E-state index contributed by atoms with van der Waals surface area (Å²) >= 11 is 17.6. The molecule has 0 radical (unpaired) electrons. The fourth-order valence-corrected chi connectivity index (χ4v) is 2.53. The van der Waals surface area contributed by atoms with Crippen molar-refractivity contribution < 1.29 is 19.1 Å². The van der Waals surface area contributed by atoms with E-state index >= 15 is 0 Å². The van der Waals surface area contributed by atoms with E-state index in [4.69, 9.17) is 51.0 Å². The molecular weight excluding hydrogens is 405 g/mol. The molecule has 136 valence electrons. The first-order valence-corrected chi connectivity index (χ1v) is 8.12. The quantitative estimate of drug-likeness (QED) is 0.626. The second-order valence-corrected chi connectivity index (χ2v) is 6.28. The molecule has 7 nitrogen and oxygen atoms in total. The van der Waals surface area contributed by atoms with Crippen LogP contribution in [0.15, 0.2) is 30.3 Å². The minimum atomic E-state index is -0.776. The molecule has 0 aliphatic rings. The molecule has 0 aliphatic carbocycles. The normalized spacial score (nSPS) is 10.3. The topological polar surface area (TPSA) is 125 Å². The van der Waals surface area contributed by atoms with Gasteiger partial charge in [0.05, 0.1) is 15.1 Å². The first-order chi connectivity index (χ1) is 12.2. The third-order valence-corrected chi connectivity index (χ3v) is 4.14. The predicted molar refractivity (Wildman–Crippen MR) is 99.1 cm³/mol. The van der Waals surface area contributed by atoms with Gasteiger partial charge in [-0.05, 0) is 24.3 Å². The Bertz CT molecular complexity index is 870. The highest BCUT2D eigenvalue weighted by atomic mass is 35.5. The highest BCUT2D eigenvalue weighted by molar-refractivity contribution is 6.43. The van der Waals surface area contributed by atoms with Crippen LogP contribution in [0.25, 0.3) is 0 Å². The van der Waals surface area contributed by atoms with Gasteiger partial charge in [0, 0.05) is 22.9 Å². The van der Waals surface area contributed by atoms with Gasteiger partial charge >= 0.3 is 0 Å². The maximum Gasteiger partial charge on any atom is 0.262 e. The lowest BCUT2D eigenvalue weighted by molar-refractivity contribution is -0.118. The van der Waals surface area contributed by atoms with E-state index in [-0.39, 0.29) is 37.6 Å². The van der Waals surface area contributed by atoms with Crippen LogP contribution in [-0.4, -0.2) is 24.3 Å². The molecule has 10 heteroatoms. The Kier molecular flexibility index (Phi) is 6.31. The van der Waals surface area contributed by atoms with Crippen molar-refractivity contribution in [3.63, 3.8) is 0 Å². The predicted octanol–water partition coefficient (Wildman–Crippen LogP) is 2.86. The molecule has 0 spiro atoms. The van der Waals surface area contributed by atoms with Crippen LogP contribution < -0.4 is 21.5 Å². The number of halogens is 3. The lowest BCUT2D eigenvalue weighted by Crippen LogP contribution is -2.22. The van der Waals surface area contributed by atoms with Crippen molar-refractivity contribution in [2.24, 2.45) is 11.5 Å². The van der Waals surface area contributed by atoms with E-state index in [9.17, 15) is 14.4 Å². The monoisotopic (exact) mass is 415 g/mol. The van der Waals surface area contributed by atoms with Crippen molar-refractivity contribution >= 4 is 58.2 Å².